The van der Waals surface area contributed by atoms with E-state index in [1.165, 1.54) is 53.0 Å². The van der Waals surface area contributed by atoms with Crippen molar-refractivity contribution in [3.8, 4) is 0 Å². The molecule has 2 aromatic rings. The number of hydrogen-bond acceptors (Lipinski definition) is 6. The molecule has 3 rings (SSSR count). The molecule has 1 aliphatic rings. The van der Waals surface area contributed by atoms with Gasteiger partial charge in [0.2, 0.25) is 10.0 Å². The largest absolute Gasteiger partial charge is 0.448 e. The SMILES string of the molecule is C[C@H](OC(=O)c1cc2c(s1)CCC2)C(=O)Nc1cccc(S(N)(=O)=O)c1. The van der Waals surface area contributed by atoms with E-state index < -0.39 is 28.0 Å². The number of esters is 1. The molecule has 0 aliphatic heterocycles. The average Bonchev–Trinajstić information content (AvgIpc) is 3.15. The highest BCUT2D eigenvalue weighted by Gasteiger charge is 2.23. The highest BCUT2D eigenvalue weighted by molar-refractivity contribution is 7.89. The van der Waals surface area contributed by atoms with Crippen molar-refractivity contribution < 1.29 is 22.7 Å². The maximum absolute atomic E-state index is 12.2. The van der Waals surface area contributed by atoms with Gasteiger partial charge < -0.3 is 10.1 Å². The van der Waals surface area contributed by atoms with Crippen LogP contribution in [0.2, 0.25) is 0 Å². The fraction of sp³-hybridized carbons (Fsp3) is 0.294. The minimum Gasteiger partial charge on any atom is -0.448 e. The van der Waals surface area contributed by atoms with E-state index in [9.17, 15) is 18.0 Å². The van der Waals surface area contributed by atoms with Crippen molar-refractivity contribution in [1.82, 2.24) is 0 Å². The lowest BCUT2D eigenvalue weighted by Gasteiger charge is -2.13. The standard InChI is InChI=1S/C17H18N2O5S2/c1-10(24-17(21)15-8-11-4-2-7-14(11)25-15)16(20)19-12-5-3-6-13(9-12)26(18,22)23/h3,5-6,8-10H,2,4,7H2,1H3,(H,19,20)(H2,18,22,23)/t10-/m0/s1. The average molecular weight is 394 g/mol. The number of anilines is 1. The summed E-state index contributed by atoms with van der Waals surface area (Å²) in [6, 6.07) is 7.37. The molecule has 138 valence electrons. The van der Waals surface area contributed by atoms with E-state index in [-0.39, 0.29) is 10.6 Å². The zero-order chi connectivity index (χ0) is 18.9. The molecule has 1 heterocycles. The lowest BCUT2D eigenvalue weighted by Crippen LogP contribution is -2.29. The van der Waals surface area contributed by atoms with Gasteiger partial charge in [-0.2, -0.15) is 0 Å². The fourth-order valence-corrected chi connectivity index (χ4v) is 4.39. The molecule has 1 aromatic heterocycles. The van der Waals surface area contributed by atoms with E-state index >= 15 is 0 Å². The molecule has 0 saturated heterocycles. The summed E-state index contributed by atoms with van der Waals surface area (Å²) in [7, 11) is -3.87. The number of aryl methyl sites for hydroxylation is 2. The third-order valence-corrected chi connectivity index (χ3v) is 6.16. The molecule has 1 amide bonds. The first-order valence-corrected chi connectivity index (χ1v) is 10.4. The number of benzene rings is 1. The van der Waals surface area contributed by atoms with Gasteiger partial charge in [-0.15, -0.1) is 11.3 Å². The van der Waals surface area contributed by atoms with Crippen LogP contribution in [0.1, 0.15) is 33.5 Å². The predicted molar refractivity (Wildman–Crippen MR) is 97.7 cm³/mol. The maximum atomic E-state index is 12.2. The van der Waals surface area contributed by atoms with Gasteiger partial charge >= 0.3 is 5.97 Å². The molecule has 0 unspecified atom stereocenters. The topological polar surface area (TPSA) is 116 Å². The summed E-state index contributed by atoms with van der Waals surface area (Å²) in [5, 5.41) is 7.59. The normalized spacial score (nSPS) is 14.5. The Morgan fingerprint density at radius 3 is 2.73 bits per heavy atom. The number of nitrogens with two attached hydrogens (primary N) is 1. The van der Waals surface area contributed by atoms with Gasteiger partial charge in [0.05, 0.1) is 4.90 Å². The zero-order valence-corrected chi connectivity index (χ0v) is 15.7. The van der Waals surface area contributed by atoms with Gasteiger partial charge in [0.15, 0.2) is 6.10 Å². The van der Waals surface area contributed by atoms with Gasteiger partial charge in [0, 0.05) is 10.6 Å². The highest BCUT2D eigenvalue weighted by atomic mass is 32.2. The second-order valence-corrected chi connectivity index (χ2v) is 8.72. The second-order valence-electron chi connectivity index (χ2n) is 6.02. The summed E-state index contributed by atoms with van der Waals surface area (Å²) < 4.78 is 27.9. The van der Waals surface area contributed by atoms with E-state index in [4.69, 9.17) is 9.88 Å². The molecule has 0 saturated carbocycles. The van der Waals surface area contributed by atoms with Crippen molar-refractivity contribution in [2.45, 2.75) is 37.2 Å². The van der Waals surface area contributed by atoms with Gasteiger partial charge in [-0.25, -0.2) is 18.4 Å². The van der Waals surface area contributed by atoms with Gasteiger partial charge in [-0.3, -0.25) is 4.79 Å². The van der Waals surface area contributed by atoms with E-state index in [1.54, 1.807) is 0 Å². The lowest BCUT2D eigenvalue weighted by molar-refractivity contribution is -0.123. The summed E-state index contributed by atoms with van der Waals surface area (Å²) in [5.41, 5.74) is 1.43. The zero-order valence-electron chi connectivity index (χ0n) is 14.0. The molecule has 26 heavy (non-hydrogen) atoms. The molecule has 3 N–H and O–H groups in total. The molecule has 1 atom stereocenters. The molecular formula is C17H18N2O5S2. The molecule has 9 heteroatoms. The molecule has 1 aromatic carbocycles. The number of nitrogens with one attached hydrogen (secondary N) is 1. The Kier molecular flexibility index (Phi) is 5.12. The number of thiophene rings is 1. The Hall–Kier alpha value is -2.23. The van der Waals surface area contributed by atoms with Crippen LogP contribution in [0.15, 0.2) is 35.2 Å². The minimum absolute atomic E-state index is 0.118. The number of primary sulfonamides is 1. The third-order valence-electron chi connectivity index (χ3n) is 4.03. The Morgan fingerprint density at radius 2 is 2.04 bits per heavy atom. The summed E-state index contributed by atoms with van der Waals surface area (Å²) in [6.45, 7) is 1.46. The molecule has 0 radical (unpaired) electrons. The minimum atomic E-state index is -3.87. The number of hydrogen-bond donors (Lipinski definition) is 2. The number of ether oxygens (including phenoxy) is 1. The quantitative estimate of drug-likeness (QED) is 0.753. The molecular weight excluding hydrogens is 376 g/mol. The Balaban J connectivity index is 1.63. The Bertz CT molecular complexity index is 944. The third kappa shape index (κ3) is 4.12. The van der Waals surface area contributed by atoms with Gasteiger partial charge in [0.1, 0.15) is 4.88 Å². The van der Waals surface area contributed by atoms with Crippen molar-refractivity contribution in [2.24, 2.45) is 5.14 Å². The first kappa shape index (κ1) is 18.6. The molecule has 7 nitrogen and oxygen atoms in total. The van der Waals surface area contributed by atoms with Crippen LogP contribution >= 0.6 is 11.3 Å². The second kappa shape index (κ2) is 7.18. The van der Waals surface area contributed by atoms with Crippen LogP contribution in [0.3, 0.4) is 0 Å². The number of amides is 1. The van der Waals surface area contributed by atoms with Crippen LogP contribution in [0.5, 0.6) is 0 Å². The summed E-state index contributed by atoms with van der Waals surface area (Å²) in [6.07, 6.45) is 2.02. The fourth-order valence-electron chi connectivity index (χ4n) is 2.70. The number of sulfonamides is 1. The molecule has 0 fully saturated rings. The van der Waals surface area contributed by atoms with Crippen molar-refractivity contribution in [1.29, 1.82) is 0 Å². The van der Waals surface area contributed by atoms with Gasteiger partial charge in [0.25, 0.3) is 5.91 Å². The Labute approximate surface area is 155 Å². The molecule has 0 bridgehead atoms. The van der Waals surface area contributed by atoms with Crippen LogP contribution in [-0.2, 0) is 32.4 Å². The van der Waals surface area contributed by atoms with Crippen LogP contribution in [0.4, 0.5) is 5.69 Å². The predicted octanol–water partition coefficient (Wildman–Crippen LogP) is 2.07. The van der Waals surface area contributed by atoms with Crippen LogP contribution in [0, 0.1) is 0 Å². The number of rotatable bonds is 5. The van der Waals surface area contributed by atoms with E-state index in [0.29, 0.717) is 4.88 Å². The highest BCUT2D eigenvalue weighted by Crippen LogP contribution is 2.31. The summed E-state index contributed by atoms with van der Waals surface area (Å²) in [4.78, 5) is 26.0. The van der Waals surface area contributed by atoms with Crippen molar-refractivity contribution >= 4 is 38.9 Å². The Morgan fingerprint density at radius 1 is 1.27 bits per heavy atom. The number of carbonyl (C=O) groups is 2. The number of fused-ring (bicyclic) bond motifs is 1. The van der Waals surface area contributed by atoms with Crippen molar-refractivity contribution in [3.05, 3.63) is 45.6 Å². The van der Waals surface area contributed by atoms with Crippen LogP contribution in [0.25, 0.3) is 0 Å². The first-order valence-electron chi connectivity index (χ1n) is 8.00. The van der Waals surface area contributed by atoms with E-state index in [0.717, 1.165) is 19.3 Å². The maximum Gasteiger partial charge on any atom is 0.349 e. The summed E-state index contributed by atoms with van der Waals surface area (Å²) in [5.74, 6) is -1.10. The van der Waals surface area contributed by atoms with E-state index in [1.807, 2.05) is 6.07 Å². The van der Waals surface area contributed by atoms with E-state index in [2.05, 4.69) is 5.32 Å². The number of carbonyl (C=O) groups excluding carboxylic acids is 2. The summed E-state index contributed by atoms with van der Waals surface area (Å²) >= 11 is 1.41. The van der Waals surface area contributed by atoms with Crippen LogP contribution in [-0.4, -0.2) is 26.4 Å². The molecule has 1 aliphatic carbocycles. The smallest absolute Gasteiger partial charge is 0.349 e. The van der Waals surface area contributed by atoms with Gasteiger partial charge in [-0.1, -0.05) is 6.07 Å². The van der Waals surface area contributed by atoms with Crippen molar-refractivity contribution in [2.75, 3.05) is 5.32 Å². The lowest BCUT2D eigenvalue weighted by atomic mass is 10.2. The first-order chi connectivity index (χ1) is 12.2. The van der Waals surface area contributed by atoms with Crippen LogP contribution < -0.4 is 10.5 Å². The molecule has 0 spiro atoms. The van der Waals surface area contributed by atoms with Crippen molar-refractivity contribution in [3.63, 3.8) is 0 Å². The monoisotopic (exact) mass is 394 g/mol. The van der Waals surface area contributed by atoms with Gasteiger partial charge in [-0.05, 0) is 56.0 Å².